The van der Waals surface area contributed by atoms with E-state index in [4.69, 9.17) is 4.99 Å². The molecule has 1 aliphatic heterocycles. The van der Waals surface area contributed by atoms with Gasteiger partial charge in [-0.05, 0) is 55.2 Å². The first-order chi connectivity index (χ1) is 14.5. The molecule has 3 fully saturated rings. The second-order valence-electron chi connectivity index (χ2n) is 8.29. The lowest BCUT2D eigenvalue weighted by Crippen LogP contribution is -2.41. The Morgan fingerprint density at radius 1 is 1.10 bits per heavy atom. The van der Waals surface area contributed by atoms with Gasteiger partial charge in [-0.15, -0.1) is 0 Å². The highest BCUT2D eigenvalue weighted by Gasteiger charge is 2.39. The molecule has 1 aromatic rings. The molecule has 8 heteroatoms. The number of aromatic hydroxyl groups is 1. The molecule has 1 N–H and O–H groups in total. The summed E-state index contributed by atoms with van der Waals surface area (Å²) < 4.78 is 0. The van der Waals surface area contributed by atoms with Gasteiger partial charge in [0.2, 0.25) is 0 Å². The van der Waals surface area contributed by atoms with Crippen molar-refractivity contribution in [1.29, 1.82) is 0 Å². The highest BCUT2D eigenvalue weighted by molar-refractivity contribution is 8.18. The zero-order chi connectivity index (χ0) is 21.1. The third kappa shape index (κ3) is 4.53. The van der Waals surface area contributed by atoms with Crippen LogP contribution in [0.1, 0.15) is 69.8 Å². The molecular weight excluding hydrogens is 402 g/mol. The first kappa shape index (κ1) is 20.9. The third-order valence-corrected chi connectivity index (χ3v) is 7.14. The first-order valence-electron chi connectivity index (χ1n) is 10.8. The minimum absolute atomic E-state index is 0.0582. The van der Waals surface area contributed by atoms with E-state index in [0.717, 1.165) is 43.7 Å². The van der Waals surface area contributed by atoms with Crippen LogP contribution in [-0.4, -0.2) is 38.1 Å². The third-order valence-electron chi connectivity index (χ3n) is 6.14. The van der Waals surface area contributed by atoms with Crippen LogP contribution >= 0.6 is 11.8 Å². The van der Waals surface area contributed by atoms with Crippen molar-refractivity contribution in [2.45, 2.75) is 76.3 Å². The molecule has 2 saturated carbocycles. The summed E-state index contributed by atoms with van der Waals surface area (Å²) in [5.41, 5.74) is 0.165. The molecule has 0 atom stereocenters. The zero-order valence-electron chi connectivity index (χ0n) is 17.0. The lowest BCUT2D eigenvalue weighted by atomic mass is 9.94. The topological polar surface area (TPSA) is 96.0 Å². The zero-order valence-corrected chi connectivity index (χ0v) is 17.8. The summed E-state index contributed by atoms with van der Waals surface area (Å²) in [7, 11) is 0. The number of carbonyl (C=O) groups excluding carboxylic acids is 1. The van der Waals surface area contributed by atoms with Crippen molar-refractivity contribution in [3.05, 3.63) is 38.8 Å². The summed E-state index contributed by atoms with van der Waals surface area (Å²) in [5, 5.41) is 21.6. The lowest BCUT2D eigenvalue weighted by Gasteiger charge is -2.31. The average Bonchev–Trinajstić information content (AvgIpc) is 3.05. The highest BCUT2D eigenvalue weighted by atomic mass is 32.2. The molecule has 3 aliphatic rings. The van der Waals surface area contributed by atoms with Crippen LogP contribution in [0.5, 0.6) is 5.75 Å². The Balaban J connectivity index is 1.65. The monoisotopic (exact) mass is 429 g/mol. The quantitative estimate of drug-likeness (QED) is 0.401. The number of benzene rings is 1. The molecule has 0 aromatic heterocycles. The van der Waals surface area contributed by atoms with E-state index >= 15 is 0 Å². The summed E-state index contributed by atoms with van der Waals surface area (Å²) >= 11 is 1.38. The van der Waals surface area contributed by atoms with Gasteiger partial charge in [0.1, 0.15) is 0 Å². The largest absolute Gasteiger partial charge is 0.502 e. The smallest absolute Gasteiger partial charge is 0.311 e. The van der Waals surface area contributed by atoms with E-state index in [1.807, 2.05) is 4.90 Å². The van der Waals surface area contributed by atoms with Crippen molar-refractivity contribution in [3.63, 3.8) is 0 Å². The molecule has 160 valence electrons. The average molecular weight is 430 g/mol. The lowest BCUT2D eigenvalue weighted by molar-refractivity contribution is -0.385. The molecule has 1 heterocycles. The maximum atomic E-state index is 13.3. The van der Waals surface area contributed by atoms with Gasteiger partial charge in [-0.1, -0.05) is 44.6 Å². The number of nitro benzene ring substituents is 1. The highest BCUT2D eigenvalue weighted by Crippen LogP contribution is 2.39. The van der Waals surface area contributed by atoms with E-state index in [1.54, 1.807) is 12.1 Å². The second-order valence-corrected chi connectivity index (χ2v) is 9.30. The minimum Gasteiger partial charge on any atom is -0.502 e. The summed E-state index contributed by atoms with van der Waals surface area (Å²) in [4.78, 5) is 31.2. The molecule has 1 aromatic carbocycles. The Bertz CT molecular complexity index is 886. The van der Waals surface area contributed by atoms with Gasteiger partial charge in [0, 0.05) is 12.1 Å². The Kier molecular flexibility index (Phi) is 6.41. The molecule has 2 aliphatic carbocycles. The van der Waals surface area contributed by atoms with Crippen LogP contribution in [0.4, 0.5) is 5.69 Å². The Labute approximate surface area is 180 Å². The van der Waals surface area contributed by atoms with Crippen LogP contribution in [-0.2, 0) is 4.79 Å². The molecular formula is C22H27N3O4S. The first-order valence-corrected chi connectivity index (χ1v) is 11.6. The van der Waals surface area contributed by atoms with Crippen molar-refractivity contribution in [1.82, 2.24) is 4.90 Å². The minimum atomic E-state index is -0.620. The number of nitrogens with zero attached hydrogens (tertiary/aromatic N) is 3. The molecule has 1 amide bonds. The van der Waals surface area contributed by atoms with Gasteiger partial charge >= 0.3 is 5.69 Å². The van der Waals surface area contributed by atoms with E-state index in [2.05, 4.69) is 0 Å². The maximum absolute atomic E-state index is 13.3. The summed E-state index contributed by atoms with van der Waals surface area (Å²) in [6.07, 6.45) is 12.9. The fourth-order valence-corrected chi connectivity index (χ4v) is 5.64. The molecule has 0 spiro atoms. The van der Waals surface area contributed by atoms with Crippen LogP contribution < -0.4 is 0 Å². The van der Waals surface area contributed by atoms with Crippen LogP contribution in [0.15, 0.2) is 28.1 Å². The molecule has 30 heavy (non-hydrogen) atoms. The predicted octanol–water partition coefficient (Wildman–Crippen LogP) is 5.24. The number of carbonyl (C=O) groups is 1. The number of hydrogen-bond donors (Lipinski definition) is 1. The number of thioether (sulfide) groups is 1. The summed E-state index contributed by atoms with van der Waals surface area (Å²) in [5.74, 6) is -0.437. The van der Waals surface area contributed by atoms with E-state index < -0.39 is 4.92 Å². The number of nitro groups is 1. The van der Waals surface area contributed by atoms with Crippen molar-refractivity contribution in [3.8, 4) is 5.75 Å². The number of rotatable bonds is 4. The standard InChI is InChI=1S/C22H27N3O4S/c26-19-12-11-15(13-18(19)25(28)29)14-20-21(27)24(17-9-5-2-6-10-17)22(30-20)23-16-7-3-1-4-8-16/h11-14,16-17,26H,1-10H2/b20-14-,23-22?. The van der Waals surface area contributed by atoms with Gasteiger partial charge in [-0.2, -0.15) is 0 Å². The van der Waals surface area contributed by atoms with Gasteiger partial charge in [0.15, 0.2) is 10.9 Å². The van der Waals surface area contributed by atoms with E-state index in [-0.39, 0.29) is 29.4 Å². The molecule has 7 nitrogen and oxygen atoms in total. The summed E-state index contributed by atoms with van der Waals surface area (Å²) in [6.45, 7) is 0. The van der Waals surface area contributed by atoms with Crippen molar-refractivity contribution in [2.24, 2.45) is 4.99 Å². The van der Waals surface area contributed by atoms with Crippen molar-refractivity contribution < 1.29 is 14.8 Å². The summed E-state index contributed by atoms with van der Waals surface area (Å²) in [6, 6.07) is 4.64. The number of amidine groups is 1. The predicted molar refractivity (Wildman–Crippen MR) is 118 cm³/mol. The second kappa shape index (κ2) is 9.20. The number of amides is 1. The van der Waals surface area contributed by atoms with Crippen molar-refractivity contribution in [2.75, 3.05) is 0 Å². The van der Waals surface area contributed by atoms with Gasteiger partial charge in [-0.3, -0.25) is 24.8 Å². The fourth-order valence-electron chi connectivity index (χ4n) is 4.53. The Hall–Kier alpha value is -2.35. The molecule has 0 bridgehead atoms. The SMILES string of the molecule is O=C1/C(=C/c2ccc(O)c([N+](=O)[O-])c2)SC(=NC2CCCCC2)N1C1CCCCC1. The fraction of sp³-hybridized carbons (Fsp3) is 0.545. The van der Waals surface area contributed by atoms with Crippen molar-refractivity contribution >= 4 is 34.6 Å². The van der Waals surface area contributed by atoms with Crippen LogP contribution in [0.2, 0.25) is 0 Å². The maximum Gasteiger partial charge on any atom is 0.311 e. The Morgan fingerprint density at radius 3 is 2.43 bits per heavy atom. The van der Waals surface area contributed by atoms with E-state index in [0.29, 0.717) is 10.5 Å². The number of phenolic OH excluding ortho intramolecular Hbond substituents is 1. The molecule has 0 radical (unpaired) electrons. The van der Waals surface area contributed by atoms with Gasteiger partial charge in [-0.25, -0.2) is 0 Å². The van der Waals surface area contributed by atoms with E-state index in [9.17, 15) is 20.0 Å². The molecule has 0 unspecified atom stereocenters. The molecule has 4 rings (SSSR count). The molecule has 1 saturated heterocycles. The van der Waals surface area contributed by atoms with Gasteiger partial charge < -0.3 is 5.11 Å². The number of hydrogen-bond acceptors (Lipinski definition) is 6. The van der Waals surface area contributed by atoms with Crippen LogP contribution in [0, 0.1) is 10.1 Å². The van der Waals surface area contributed by atoms with Crippen LogP contribution in [0.3, 0.4) is 0 Å². The Morgan fingerprint density at radius 2 is 1.77 bits per heavy atom. The van der Waals surface area contributed by atoms with Gasteiger partial charge in [0.05, 0.1) is 15.9 Å². The normalized spacial score (nSPS) is 24.1. The van der Waals surface area contributed by atoms with E-state index in [1.165, 1.54) is 49.6 Å². The number of aliphatic imine (C=N–C) groups is 1. The van der Waals surface area contributed by atoms with Crippen LogP contribution in [0.25, 0.3) is 6.08 Å². The van der Waals surface area contributed by atoms with Gasteiger partial charge in [0.25, 0.3) is 5.91 Å². The number of phenols is 1.